The molecule has 0 aliphatic heterocycles. The van der Waals surface area contributed by atoms with Crippen LogP contribution in [0.1, 0.15) is 47.3 Å². The van der Waals surface area contributed by atoms with Gasteiger partial charge in [-0.3, -0.25) is 4.79 Å². The molecule has 1 heterocycles. The quantitative estimate of drug-likeness (QED) is 0.743. The Labute approximate surface area is 149 Å². The molecule has 1 aliphatic carbocycles. The minimum atomic E-state index is -0.285. The lowest BCUT2D eigenvalue weighted by Gasteiger charge is -2.22. The maximum Gasteiger partial charge on any atom is 0.209 e. The smallest absolute Gasteiger partial charge is 0.209 e. The molecule has 23 heavy (non-hydrogen) atoms. The van der Waals surface area contributed by atoms with Crippen LogP contribution in [-0.4, -0.2) is 16.8 Å². The number of rotatable bonds is 4. The number of hydrogen-bond donors (Lipinski definition) is 2. The molecule has 1 aromatic carbocycles. The summed E-state index contributed by atoms with van der Waals surface area (Å²) in [5.74, 6) is -0.0680. The first-order chi connectivity index (χ1) is 11.1. The molecule has 7 heteroatoms. The second-order valence-electron chi connectivity index (χ2n) is 5.64. The fourth-order valence-electron chi connectivity index (χ4n) is 2.81. The molecular weight excluding hydrogens is 353 g/mol. The summed E-state index contributed by atoms with van der Waals surface area (Å²) in [6, 6.07) is 5.38. The summed E-state index contributed by atoms with van der Waals surface area (Å²) in [4.78, 5) is 17.4. The largest absolute Gasteiger partial charge is 0.382 e. The predicted octanol–water partition coefficient (Wildman–Crippen LogP) is 5.01. The molecule has 1 saturated carbocycles. The van der Waals surface area contributed by atoms with Crippen molar-refractivity contribution in [1.82, 2.24) is 4.98 Å². The number of nitrogen functional groups attached to an aromatic ring is 1. The van der Waals surface area contributed by atoms with Gasteiger partial charge in [-0.25, -0.2) is 4.98 Å². The number of benzene rings is 1. The summed E-state index contributed by atoms with van der Waals surface area (Å²) in [6.07, 6.45) is 5.98. The van der Waals surface area contributed by atoms with Crippen molar-refractivity contribution in [2.45, 2.75) is 38.1 Å². The van der Waals surface area contributed by atoms with E-state index in [9.17, 15) is 4.79 Å². The summed E-state index contributed by atoms with van der Waals surface area (Å²) in [5, 5.41) is 4.70. The van der Waals surface area contributed by atoms with Gasteiger partial charge in [-0.15, -0.1) is 0 Å². The number of anilines is 2. The lowest BCUT2D eigenvalue weighted by atomic mass is 9.96. The zero-order chi connectivity index (χ0) is 16.4. The van der Waals surface area contributed by atoms with Crippen molar-refractivity contribution in [2.75, 3.05) is 11.1 Å². The second kappa shape index (κ2) is 7.07. The molecule has 0 spiro atoms. The Hall–Kier alpha value is -1.30. The van der Waals surface area contributed by atoms with E-state index in [1.165, 1.54) is 30.6 Å². The highest BCUT2D eigenvalue weighted by Gasteiger charge is 2.23. The Morgan fingerprint density at radius 3 is 2.52 bits per heavy atom. The SMILES string of the molecule is Nc1nc(NC2CCCCC2)sc1C(=O)c1c(Cl)cccc1Cl. The number of aromatic nitrogens is 1. The minimum absolute atomic E-state index is 0.217. The zero-order valence-electron chi connectivity index (χ0n) is 12.4. The number of ketones is 1. The Balaban J connectivity index is 1.84. The van der Waals surface area contributed by atoms with Crippen molar-refractivity contribution >= 4 is 51.3 Å². The lowest BCUT2D eigenvalue weighted by molar-refractivity contribution is 0.104. The van der Waals surface area contributed by atoms with E-state index >= 15 is 0 Å². The average molecular weight is 370 g/mol. The summed E-state index contributed by atoms with van der Waals surface area (Å²) in [6.45, 7) is 0. The van der Waals surface area contributed by atoms with E-state index in [-0.39, 0.29) is 17.2 Å². The highest BCUT2D eigenvalue weighted by atomic mass is 35.5. The van der Waals surface area contributed by atoms with Gasteiger partial charge in [-0.2, -0.15) is 0 Å². The summed E-state index contributed by atoms with van der Waals surface area (Å²) >= 11 is 13.5. The molecule has 4 nitrogen and oxygen atoms in total. The van der Waals surface area contributed by atoms with Gasteiger partial charge in [0.15, 0.2) is 5.13 Å². The standard InChI is InChI=1S/C16H17Cl2N3OS/c17-10-7-4-8-11(18)12(10)13(22)14-15(19)21-16(23-14)20-9-5-2-1-3-6-9/h4,7-9H,1-3,5-6,19H2,(H,20,21). The van der Waals surface area contributed by atoms with E-state index in [0.717, 1.165) is 12.8 Å². The molecule has 0 amide bonds. The van der Waals surface area contributed by atoms with E-state index < -0.39 is 0 Å². The van der Waals surface area contributed by atoms with Crippen LogP contribution in [0.4, 0.5) is 10.9 Å². The molecule has 122 valence electrons. The van der Waals surface area contributed by atoms with Crippen LogP contribution in [0.5, 0.6) is 0 Å². The number of carbonyl (C=O) groups excluding carboxylic acids is 1. The first-order valence-electron chi connectivity index (χ1n) is 7.58. The Morgan fingerprint density at radius 2 is 1.87 bits per heavy atom. The van der Waals surface area contributed by atoms with Crippen LogP contribution in [0.3, 0.4) is 0 Å². The number of nitrogens with zero attached hydrogens (tertiary/aromatic N) is 1. The fourth-order valence-corrected chi connectivity index (χ4v) is 4.28. The number of nitrogens with two attached hydrogens (primary N) is 1. The van der Waals surface area contributed by atoms with Crippen molar-refractivity contribution in [3.8, 4) is 0 Å². The van der Waals surface area contributed by atoms with Gasteiger partial charge < -0.3 is 11.1 Å². The van der Waals surface area contributed by atoms with Crippen molar-refractivity contribution in [3.63, 3.8) is 0 Å². The van der Waals surface area contributed by atoms with E-state index in [0.29, 0.717) is 26.1 Å². The maximum absolute atomic E-state index is 12.7. The van der Waals surface area contributed by atoms with Gasteiger partial charge in [0.2, 0.25) is 5.78 Å². The molecule has 1 aliphatic rings. The molecule has 3 N–H and O–H groups in total. The molecular formula is C16H17Cl2N3OS. The monoisotopic (exact) mass is 369 g/mol. The van der Waals surface area contributed by atoms with Gasteiger partial charge >= 0.3 is 0 Å². The fraction of sp³-hybridized carbons (Fsp3) is 0.375. The first kappa shape index (κ1) is 16.6. The molecule has 0 saturated heterocycles. The lowest BCUT2D eigenvalue weighted by Crippen LogP contribution is -2.22. The van der Waals surface area contributed by atoms with Gasteiger partial charge in [0.25, 0.3) is 0 Å². The van der Waals surface area contributed by atoms with Crippen LogP contribution in [0, 0.1) is 0 Å². The van der Waals surface area contributed by atoms with Gasteiger partial charge in [0, 0.05) is 6.04 Å². The predicted molar refractivity (Wildman–Crippen MR) is 96.9 cm³/mol. The summed E-state index contributed by atoms with van der Waals surface area (Å²) in [7, 11) is 0. The number of carbonyl (C=O) groups is 1. The Bertz CT molecular complexity index is 706. The number of thiazole rings is 1. The Morgan fingerprint density at radius 1 is 1.22 bits per heavy atom. The van der Waals surface area contributed by atoms with Crippen molar-refractivity contribution in [3.05, 3.63) is 38.7 Å². The minimum Gasteiger partial charge on any atom is -0.382 e. The van der Waals surface area contributed by atoms with E-state index in [1.54, 1.807) is 18.2 Å². The second-order valence-corrected chi connectivity index (χ2v) is 7.45. The Kier molecular flexibility index (Phi) is 5.09. The van der Waals surface area contributed by atoms with Crippen LogP contribution < -0.4 is 11.1 Å². The molecule has 0 atom stereocenters. The molecule has 2 aromatic rings. The molecule has 3 rings (SSSR count). The third-order valence-electron chi connectivity index (χ3n) is 3.98. The number of hydrogen-bond acceptors (Lipinski definition) is 5. The van der Waals surface area contributed by atoms with Gasteiger partial charge in [-0.05, 0) is 25.0 Å². The van der Waals surface area contributed by atoms with E-state index in [1.807, 2.05) is 0 Å². The normalized spacial score (nSPS) is 15.6. The van der Waals surface area contributed by atoms with Crippen molar-refractivity contribution in [2.24, 2.45) is 0 Å². The van der Waals surface area contributed by atoms with Crippen LogP contribution in [0.25, 0.3) is 0 Å². The van der Waals surface area contributed by atoms with E-state index in [2.05, 4.69) is 10.3 Å². The molecule has 0 unspecified atom stereocenters. The van der Waals surface area contributed by atoms with Crippen LogP contribution in [-0.2, 0) is 0 Å². The topological polar surface area (TPSA) is 68.0 Å². The van der Waals surface area contributed by atoms with Gasteiger partial charge in [0.1, 0.15) is 10.7 Å². The summed E-state index contributed by atoms with van der Waals surface area (Å²) in [5.41, 5.74) is 6.21. The van der Waals surface area contributed by atoms with Crippen molar-refractivity contribution in [1.29, 1.82) is 0 Å². The molecule has 1 fully saturated rings. The molecule has 1 aromatic heterocycles. The van der Waals surface area contributed by atoms with Crippen LogP contribution in [0.2, 0.25) is 10.0 Å². The number of halogens is 2. The van der Waals surface area contributed by atoms with Crippen LogP contribution >= 0.6 is 34.5 Å². The average Bonchev–Trinajstić information content (AvgIpc) is 2.88. The molecule has 0 radical (unpaired) electrons. The highest BCUT2D eigenvalue weighted by Crippen LogP contribution is 2.33. The number of nitrogens with one attached hydrogen (secondary N) is 1. The van der Waals surface area contributed by atoms with Crippen molar-refractivity contribution < 1.29 is 4.79 Å². The van der Waals surface area contributed by atoms with Crippen LogP contribution in [0.15, 0.2) is 18.2 Å². The van der Waals surface area contributed by atoms with E-state index in [4.69, 9.17) is 28.9 Å². The van der Waals surface area contributed by atoms with Gasteiger partial charge in [0.05, 0.1) is 15.6 Å². The summed E-state index contributed by atoms with van der Waals surface area (Å²) < 4.78 is 0. The highest BCUT2D eigenvalue weighted by molar-refractivity contribution is 7.18. The van der Waals surface area contributed by atoms with Gasteiger partial charge in [-0.1, -0.05) is 59.9 Å². The molecule has 0 bridgehead atoms. The third-order valence-corrected chi connectivity index (χ3v) is 5.61. The first-order valence-corrected chi connectivity index (χ1v) is 9.15. The zero-order valence-corrected chi connectivity index (χ0v) is 14.8. The third kappa shape index (κ3) is 3.62. The maximum atomic E-state index is 12.7.